The van der Waals surface area contributed by atoms with Crippen LogP contribution in [0.4, 0.5) is 0 Å². The summed E-state index contributed by atoms with van der Waals surface area (Å²) in [5, 5.41) is 15.8. The Labute approximate surface area is 246 Å². The molecule has 2 amide bonds. The van der Waals surface area contributed by atoms with Gasteiger partial charge in [0, 0.05) is 12.8 Å². The molecule has 0 aromatic heterocycles. The van der Waals surface area contributed by atoms with Gasteiger partial charge in [0.25, 0.3) is 0 Å². The number of benzene rings is 3. The first-order valence-corrected chi connectivity index (χ1v) is 14.3. The SMILES string of the molecule is O=C(C[C@H]1CC=CCCC(=O)OC[C@H](c2ccccc2)NC1=O)N[C@H](CO)Cc1ccc(OCc2ccccc2)cc1. The lowest BCUT2D eigenvalue weighted by Crippen LogP contribution is -2.42. The predicted molar refractivity (Wildman–Crippen MR) is 159 cm³/mol. The second-order valence-corrected chi connectivity index (χ2v) is 10.4. The zero-order valence-corrected chi connectivity index (χ0v) is 23.6. The number of amides is 2. The van der Waals surface area contributed by atoms with Crippen molar-refractivity contribution < 1.29 is 29.0 Å². The summed E-state index contributed by atoms with van der Waals surface area (Å²) in [7, 11) is 0. The molecule has 1 heterocycles. The average molecular weight is 571 g/mol. The summed E-state index contributed by atoms with van der Waals surface area (Å²) in [6, 6.07) is 25.7. The Morgan fingerprint density at radius 2 is 1.67 bits per heavy atom. The van der Waals surface area contributed by atoms with Crippen molar-refractivity contribution in [3.8, 4) is 5.75 Å². The van der Waals surface area contributed by atoms with E-state index in [0.717, 1.165) is 22.4 Å². The molecule has 1 aliphatic heterocycles. The molecule has 3 aromatic rings. The Morgan fingerprint density at radius 1 is 0.952 bits per heavy atom. The van der Waals surface area contributed by atoms with Crippen molar-refractivity contribution in [1.82, 2.24) is 10.6 Å². The largest absolute Gasteiger partial charge is 0.489 e. The van der Waals surface area contributed by atoms with Crippen LogP contribution >= 0.6 is 0 Å². The molecule has 0 unspecified atom stereocenters. The number of rotatable bonds is 10. The topological polar surface area (TPSA) is 114 Å². The molecule has 4 rings (SSSR count). The molecule has 0 radical (unpaired) electrons. The summed E-state index contributed by atoms with van der Waals surface area (Å²) < 4.78 is 11.3. The third-order valence-electron chi connectivity index (χ3n) is 7.07. The van der Waals surface area contributed by atoms with Crippen molar-refractivity contribution in [2.24, 2.45) is 5.92 Å². The van der Waals surface area contributed by atoms with Crippen LogP contribution in [0.2, 0.25) is 0 Å². The van der Waals surface area contributed by atoms with Gasteiger partial charge in [0.15, 0.2) is 0 Å². The molecule has 0 spiro atoms. The fraction of sp³-hybridized carbons (Fsp3) is 0.324. The molecule has 3 aromatic carbocycles. The maximum atomic E-state index is 13.3. The molecule has 0 saturated carbocycles. The number of allylic oxidation sites excluding steroid dienone is 2. The van der Waals surface area contributed by atoms with E-state index in [0.29, 0.717) is 25.9 Å². The lowest BCUT2D eigenvalue weighted by molar-refractivity contribution is -0.145. The Morgan fingerprint density at radius 3 is 2.38 bits per heavy atom. The van der Waals surface area contributed by atoms with Crippen molar-refractivity contribution in [2.75, 3.05) is 13.2 Å². The fourth-order valence-electron chi connectivity index (χ4n) is 4.73. The number of aliphatic hydroxyl groups excluding tert-OH is 1. The number of nitrogens with one attached hydrogen (secondary N) is 2. The summed E-state index contributed by atoms with van der Waals surface area (Å²) in [6.45, 7) is 0.243. The fourth-order valence-corrected chi connectivity index (χ4v) is 4.73. The maximum absolute atomic E-state index is 13.3. The van der Waals surface area contributed by atoms with Crippen LogP contribution in [0.25, 0.3) is 0 Å². The first kappa shape index (κ1) is 30.5. The summed E-state index contributed by atoms with van der Waals surface area (Å²) in [5.74, 6) is -0.830. The van der Waals surface area contributed by atoms with Gasteiger partial charge in [-0.2, -0.15) is 0 Å². The summed E-state index contributed by atoms with van der Waals surface area (Å²) in [4.78, 5) is 38.5. The van der Waals surface area contributed by atoms with Crippen LogP contribution in [-0.2, 0) is 32.1 Å². The summed E-state index contributed by atoms with van der Waals surface area (Å²) >= 11 is 0. The van der Waals surface area contributed by atoms with E-state index in [4.69, 9.17) is 9.47 Å². The molecule has 3 N–H and O–H groups in total. The lowest BCUT2D eigenvalue weighted by atomic mass is 9.97. The van der Waals surface area contributed by atoms with E-state index in [-0.39, 0.29) is 43.8 Å². The van der Waals surface area contributed by atoms with E-state index in [2.05, 4.69) is 10.6 Å². The minimum atomic E-state index is -0.622. The smallest absolute Gasteiger partial charge is 0.306 e. The molecule has 1 aliphatic rings. The molecule has 8 nitrogen and oxygen atoms in total. The van der Waals surface area contributed by atoms with Gasteiger partial charge in [-0.1, -0.05) is 84.9 Å². The highest BCUT2D eigenvalue weighted by molar-refractivity contribution is 5.86. The molecule has 220 valence electrons. The Balaban J connectivity index is 1.34. The van der Waals surface area contributed by atoms with E-state index < -0.39 is 18.0 Å². The van der Waals surface area contributed by atoms with Gasteiger partial charge in [0.05, 0.1) is 24.6 Å². The van der Waals surface area contributed by atoms with E-state index >= 15 is 0 Å². The highest BCUT2D eigenvalue weighted by atomic mass is 16.5. The lowest BCUT2D eigenvalue weighted by Gasteiger charge is -2.24. The van der Waals surface area contributed by atoms with Crippen LogP contribution < -0.4 is 15.4 Å². The first-order valence-electron chi connectivity index (χ1n) is 14.3. The van der Waals surface area contributed by atoms with E-state index in [1.165, 1.54) is 0 Å². The van der Waals surface area contributed by atoms with Gasteiger partial charge >= 0.3 is 5.97 Å². The number of cyclic esters (lactones) is 1. The zero-order valence-electron chi connectivity index (χ0n) is 23.6. The van der Waals surface area contributed by atoms with Crippen molar-refractivity contribution in [2.45, 2.75) is 50.8 Å². The third kappa shape index (κ3) is 9.89. The van der Waals surface area contributed by atoms with Crippen LogP contribution in [0.5, 0.6) is 5.75 Å². The van der Waals surface area contributed by atoms with Gasteiger partial charge in [-0.15, -0.1) is 0 Å². The Kier molecular flexibility index (Phi) is 11.7. The van der Waals surface area contributed by atoms with E-state index in [9.17, 15) is 19.5 Å². The number of carbonyl (C=O) groups is 3. The van der Waals surface area contributed by atoms with Gasteiger partial charge < -0.3 is 25.2 Å². The molecular weight excluding hydrogens is 532 g/mol. The summed E-state index contributed by atoms with van der Waals surface area (Å²) in [5.41, 5.74) is 2.83. The van der Waals surface area contributed by atoms with Gasteiger partial charge in [-0.05, 0) is 48.1 Å². The second kappa shape index (κ2) is 16.1. The third-order valence-corrected chi connectivity index (χ3v) is 7.07. The normalized spacial score (nSPS) is 18.5. The van der Waals surface area contributed by atoms with Crippen LogP contribution in [0.1, 0.15) is 48.4 Å². The molecule has 0 fully saturated rings. The van der Waals surface area contributed by atoms with Crippen molar-refractivity contribution in [1.29, 1.82) is 0 Å². The van der Waals surface area contributed by atoms with Gasteiger partial charge in [-0.25, -0.2) is 0 Å². The van der Waals surface area contributed by atoms with E-state index in [1.54, 1.807) is 0 Å². The van der Waals surface area contributed by atoms with Gasteiger partial charge in [-0.3, -0.25) is 14.4 Å². The predicted octanol–water partition coefficient (Wildman–Crippen LogP) is 4.43. The molecule has 3 atom stereocenters. The monoisotopic (exact) mass is 570 g/mol. The summed E-state index contributed by atoms with van der Waals surface area (Å²) in [6.07, 6.45) is 5.14. The quantitative estimate of drug-likeness (QED) is 0.246. The van der Waals surface area contributed by atoms with Crippen molar-refractivity contribution >= 4 is 17.8 Å². The second-order valence-electron chi connectivity index (χ2n) is 10.4. The van der Waals surface area contributed by atoms with Crippen molar-refractivity contribution in [3.63, 3.8) is 0 Å². The minimum Gasteiger partial charge on any atom is -0.489 e. The maximum Gasteiger partial charge on any atom is 0.306 e. The number of esters is 1. The van der Waals surface area contributed by atoms with Crippen LogP contribution in [0.3, 0.4) is 0 Å². The zero-order chi connectivity index (χ0) is 29.6. The number of hydrogen-bond donors (Lipinski definition) is 3. The van der Waals surface area contributed by atoms with Crippen LogP contribution in [-0.4, -0.2) is 42.1 Å². The minimum absolute atomic E-state index is 0.0138. The van der Waals surface area contributed by atoms with Crippen LogP contribution in [0, 0.1) is 5.92 Å². The van der Waals surface area contributed by atoms with Gasteiger partial charge in [0.2, 0.25) is 11.8 Å². The molecule has 0 saturated heterocycles. The molecular formula is C34H38N2O6. The van der Waals surface area contributed by atoms with Crippen LogP contribution in [0.15, 0.2) is 97.1 Å². The van der Waals surface area contributed by atoms with E-state index in [1.807, 2.05) is 97.1 Å². The number of ether oxygens (including phenoxy) is 2. The molecule has 0 aliphatic carbocycles. The van der Waals surface area contributed by atoms with Crippen molar-refractivity contribution in [3.05, 3.63) is 114 Å². The number of aliphatic hydroxyl groups is 1. The highest BCUT2D eigenvalue weighted by Crippen LogP contribution is 2.19. The Bertz CT molecular complexity index is 1310. The van der Waals surface area contributed by atoms with Gasteiger partial charge in [0.1, 0.15) is 19.0 Å². The molecule has 42 heavy (non-hydrogen) atoms. The molecule has 0 bridgehead atoms. The standard InChI is InChI=1S/C34H38N2O6/c37-22-29(20-25-16-18-30(19-17-25)41-23-26-10-4-1-5-11-26)35-32(38)21-28-14-8-3-9-15-33(39)42-24-31(36-34(28)40)27-12-6-2-7-13-27/h1-8,10-13,16-19,28-29,31,37H,9,14-15,20-24H2,(H,35,38)(H,36,40)/t28-,29+,31-/m1/s1. The number of carbonyl (C=O) groups excluding carboxylic acids is 3. The first-order chi connectivity index (χ1) is 20.5. The highest BCUT2D eigenvalue weighted by Gasteiger charge is 2.26. The Hall–Kier alpha value is -4.43. The molecule has 8 heteroatoms. The number of hydrogen-bond acceptors (Lipinski definition) is 6. The average Bonchev–Trinajstić information content (AvgIpc) is 3.01.